The van der Waals surface area contributed by atoms with Crippen LogP contribution in [0.4, 0.5) is 0 Å². The van der Waals surface area contributed by atoms with Gasteiger partial charge in [0.25, 0.3) is 0 Å². The molecule has 2 aliphatic heterocycles. The minimum atomic E-state index is 0.0187. The number of rotatable bonds is 4. The van der Waals surface area contributed by atoms with Crippen molar-refractivity contribution in [1.29, 1.82) is 0 Å². The topological polar surface area (TPSA) is 44.4 Å². The fraction of sp³-hybridized carbons (Fsp3) is 0.917. The third kappa shape index (κ3) is 3.60. The predicted octanol–water partition coefficient (Wildman–Crippen LogP) is 0.292. The molecule has 0 bridgehead atoms. The number of amides is 1. The van der Waals surface area contributed by atoms with Gasteiger partial charge in [0.1, 0.15) is 0 Å². The van der Waals surface area contributed by atoms with E-state index in [1.54, 1.807) is 0 Å². The second kappa shape index (κ2) is 6.61. The van der Waals surface area contributed by atoms with E-state index in [-0.39, 0.29) is 11.9 Å². The molecule has 0 aromatic carbocycles. The molecule has 2 heterocycles. The minimum Gasteiger partial charge on any atom is -0.353 e. The molecule has 98 valence electrons. The first kappa shape index (κ1) is 13.2. The van der Waals surface area contributed by atoms with Gasteiger partial charge in [-0.1, -0.05) is 6.92 Å². The van der Waals surface area contributed by atoms with Gasteiger partial charge in [-0.05, 0) is 25.9 Å². The van der Waals surface area contributed by atoms with E-state index >= 15 is 0 Å². The Morgan fingerprint density at radius 3 is 3.18 bits per heavy atom. The molecule has 0 aromatic heterocycles. The molecular formula is C12H23N3OS. The van der Waals surface area contributed by atoms with E-state index in [0.29, 0.717) is 6.04 Å². The minimum absolute atomic E-state index is 0.0187. The Balaban J connectivity index is 1.71. The number of likely N-dealkylation sites (tertiary alicyclic amines) is 1. The van der Waals surface area contributed by atoms with Crippen LogP contribution in [0.3, 0.4) is 0 Å². The number of thioether (sulfide) groups is 1. The van der Waals surface area contributed by atoms with Gasteiger partial charge in [-0.2, -0.15) is 11.8 Å². The van der Waals surface area contributed by atoms with E-state index in [2.05, 4.69) is 22.5 Å². The molecule has 17 heavy (non-hydrogen) atoms. The van der Waals surface area contributed by atoms with E-state index in [1.807, 2.05) is 11.8 Å². The molecular weight excluding hydrogens is 234 g/mol. The summed E-state index contributed by atoms with van der Waals surface area (Å²) >= 11 is 1.86. The van der Waals surface area contributed by atoms with Crippen LogP contribution < -0.4 is 10.6 Å². The molecule has 2 unspecified atom stereocenters. The van der Waals surface area contributed by atoms with Crippen molar-refractivity contribution in [3.05, 3.63) is 0 Å². The van der Waals surface area contributed by atoms with E-state index in [9.17, 15) is 4.79 Å². The van der Waals surface area contributed by atoms with Crippen molar-refractivity contribution in [1.82, 2.24) is 15.5 Å². The Kier molecular flexibility index (Phi) is 5.13. The maximum Gasteiger partial charge on any atom is 0.238 e. The average Bonchev–Trinajstić information content (AvgIpc) is 2.84. The highest BCUT2D eigenvalue weighted by Crippen LogP contribution is 2.15. The molecule has 5 heteroatoms. The molecule has 2 N–H and O–H groups in total. The largest absolute Gasteiger partial charge is 0.353 e. The van der Waals surface area contributed by atoms with E-state index in [1.165, 1.54) is 19.4 Å². The molecule has 0 spiro atoms. The van der Waals surface area contributed by atoms with E-state index in [0.717, 1.165) is 31.1 Å². The van der Waals surface area contributed by atoms with Crippen molar-refractivity contribution in [3.63, 3.8) is 0 Å². The van der Waals surface area contributed by atoms with Crippen LogP contribution in [0.25, 0.3) is 0 Å². The lowest BCUT2D eigenvalue weighted by molar-refractivity contribution is -0.122. The highest BCUT2D eigenvalue weighted by molar-refractivity contribution is 7.99. The molecule has 1 amide bonds. The van der Waals surface area contributed by atoms with E-state index in [4.69, 9.17) is 0 Å². The van der Waals surface area contributed by atoms with Gasteiger partial charge in [0.05, 0.1) is 6.04 Å². The maximum absolute atomic E-state index is 11.9. The molecule has 0 radical (unpaired) electrons. The van der Waals surface area contributed by atoms with Gasteiger partial charge in [-0.3, -0.25) is 9.69 Å². The van der Waals surface area contributed by atoms with Crippen molar-refractivity contribution in [3.8, 4) is 0 Å². The van der Waals surface area contributed by atoms with Crippen molar-refractivity contribution in [2.24, 2.45) is 0 Å². The lowest BCUT2D eigenvalue weighted by atomic mass is 10.2. The van der Waals surface area contributed by atoms with Crippen LogP contribution in [0.1, 0.15) is 19.8 Å². The number of hydrogen-bond acceptors (Lipinski definition) is 4. The number of nitrogens with one attached hydrogen (secondary N) is 2. The molecule has 2 aliphatic rings. The summed E-state index contributed by atoms with van der Waals surface area (Å²) in [5.74, 6) is 2.21. The lowest BCUT2D eigenvalue weighted by Crippen LogP contribution is -2.51. The fourth-order valence-corrected chi connectivity index (χ4v) is 3.55. The summed E-state index contributed by atoms with van der Waals surface area (Å²) in [5.41, 5.74) is 0. The zero-order valence-electron chi connectivity index (χ0n) is 10.6. The zero-order valence-corrected chi connectivity index (χ0v) is 11.4. The summed E-state index contributed by atoms with van der Waals surface area (Å²) in [5, 5.41) is 6.38. The third-order valence-corrected chi connectivity index (χ3v) is 4.72. The van der Waals surface area contributed by atoms with Crippen LogP contribution in [0, 0.1) is 0 Å². The number of likely N-dealkylation sites (N-methyl/N-ethyl adjacent to an activating group) is 1. The Morgan fingerprint density at radius 1 is 1.59 bits per heavy atom. The maximum atomic E-state index is 11.9. The molecule has 4 nitrogen and oxygen atoms in total. The van der Waals surface area contributed by atoms with Gasteiger partial charge in [-0.15, -0.1) is 0 Å². The molecule has 2 atom stereocenters. The second-order valence-corrected chi connectivity index (χ2v) is 5.90. The van der Waals surface area contributed by atoms with Crippen LogP contribution in [0.15, 0.2) is 0 Å². The SMILES string of the molecule is CCN1CCCC1CNC(=O)C1CSCCN1. The van der Waals surface area contributed by atoms with Crippen LogP contribution >= 0.6 is 11.8 Å². The monoisotopic (exact) mass is 257 g/mol. The van der Waals surface area contributed by atoms with Crippen LogP contribution in [-0.4, -0.2) is 60.6 Å². The molecule has 0 saturated carbocycles. The smallest absolute Gasteiger partial charge is 0.238 e. The average molecular weight is 257 g/mol. The quantitative estimate of drug-likeness (QED) is 0.760. The van der Waals surface area contributed by atoms with Crippen molar-refractivity contribution < 1.29 is 4.79 Å². The van der Waals surface area contributed by atoms with Gasteiger partial charge >= 0.3 is 0 Å². The molecule has 0 aromatic rings. The summed E-state index contributed by atoms with van der Waals surface area (Å²) in [6.45, 7) is 6.24. The number of carbonyl (C=O) groups is 1. The van der Waals surface area contributed by atoms with Crippen LogP contribution in [0.2, 0.25) is 0 Å². The highest BCUT2D eigenvalue weighted by Gasteiger charge is 2.25. The predicted molar refractivity (Wildman–Crippen MR) is 72.4 cm³/mol. The highest BCUT2D eigenvalue weighted by atomic mass is 32.2. The standard InChI is InChI=1S/C12H23N3OS/c1-2-15-6-3-4-10(15)8-14-12(16)11-9-17-7-5-13-11/h10-11,13H,2-9H2,1H3,(H,14,16). The van der Waals surface area contributed by atoms with Crippen molar-refractivity contribution in [2.75, 3.05) is 37.7 Å². The van der Waals surface area contributed by atoms with Gasteiger partial charge in [0, 0.05) is 30.6 Å². The first-order valence-electron chi connectivity index (χ1n) is 6.64. The lowest BCUT2D eigenvalue weighted by Gasteiger charge is -2.26. The second-order valence-electron chi connectivity index (χ2n) is 4.75. The first-order valence-corrected chi connectivity index (χ1v) is 7.79. The first-order chi connectivity index (χ1) is 8.31. The Hall–Kier alpha value is -0.260. The van der Waals surface area contributed by atoms with Gasteiger partial charge in [0.15, 0.2) is 0 Å². The van der Waals surface area contributed by atoms with Crippen molar-refractivity contribution >= 4 is 17.7 Å². The molecule has 2 saturated heterocycles. The Labute approximate surface area is 108 Å². The normalized spacial score (nSPS) is 30.4. The van der Waals surface area contributed by atoms with Crippen LogP contribution in [-0.2, 0) is 4.79 Å². The number of carbonyl (C=O) groups excluding carboxylic acids is 1. The van der Waals surface area contributed by atoms with E-state index < -0.39 is 0 Å². The molecule has 2 rings (SSSR count). The number of nitrogens with zero attached hydrogens (tertiary/aromatic N) is 1. The Bertz CT molecular complexity index is 256. The van der Waals surface area contributed by atoms with Crippen molar-refractivity contribution in [2.45, 2.75) is 31.8 Å². The van der Waals surface area contributed by atoms with Gasteiger partial charge in [0.2, 0.25) is 5.91 Å². The fourth-order valence-electron chi connectivity index (χ4n) is 2.62. The Morgan fingerprint density at radius 2 is 2.47 bits per heavy atom. The summed E-state index contributed by atoms with van der Waals surface area (Å²) in [6, 6.07) is 0.574. The molecule has 2 fully saturated rings. The summed E-state index contributed by atoms with van der Waals surface area (Å²) in [4.78, 5) is 14.4. The van der Waals surface area contributed by atoms with Crippen LogP contribution in [0.5, 0.6) is 0 Å². The van der Waals surface area contributed by atoms with Gasteiger partial charge < -0.3 is 10.6 Å². The van der Waals surface area contributed by atoms with Gasteiger partial charge in [-0.25, -0.2) is 0 Å². The number of hydrogen-bond donors (Lipinski definition) is 2. The molecule has 0 aliphatic carbocycles. The zero-order chi connectivity index (χ0) is 12.1. The summed E-state index contributed by atoms with van der Waals surface area (Å²) in [6.07, 6.45) is 2.49. The summed E-state index contributed by atoms with van der Waals surface area (Å²) < 4.78 is 0. The third-order valence-electron chi connectivity index (χ3n) is 3.66. The summed E-state index contributed by atoms with van der Waals surface area (Å²) in [7, 11) is 0.